The predicted octanol–water partition coefficient (Wildman–Crippen LogP) is 2.62. The molecule has 0 bridgehead atoms. The van der Waals surface area contributed by atoms with Crippen LogP contribution in [0.5, 0.6) is 5.75 Å². The van der Waals surface area contributed by atoms with Gasteiger partial charge in [0.25, 0.3) is 0 Å². The second-order valence-electron chi connectivity index (χ2n) is 5.30. The third kappa shape index (κ3) is 6.57. The van der Waals surface area contributed by atoms with Gasteiger partial charge in [0, 0.05) is 37.2 Å². The lowest BCUT2D eigenvalue weighted by atomic mass is 10.1. The third-order valence-corrected chi connectivity index (χ3v) is 3.19. The normalized spacial score (nSPS) is 11.7. The summed E-state index contributed by atoms with van der Waals surface area (Å²) in [6.07, 6.45) is 0.566. The Morgan fingerprint density at radius 3 is 2.70 bits per heavy atom. The Balaban J connectivity index is 2.58. The summed E-state index contributed by atoms with van der Waals surface area (Å²) in [5.41, 5.74) is 0.205. The number of benzene rings is 1. The van der Waals surface area contributed by atoms with Crippen molar-refractivity contribution in [1.82, 2.24) is 5.32 Å². The van der Waals surface area contributed by atoms with Gasteiger partial charge in [-0.15, -0.1) is 0 Å². The van der Waals surface area contributed by atoms with E-state index in [4.69, 9.17) is 21.1 Å². The first-order chi connectivity index (χ1) is 9.44. The van der Waals surface area contributed by atoms with Crippen LogP contribution in [0, 0.1) is 0 Å². The molecule has 0 heterocycles. The maximum Gasteiger partial charge on any atom is 0.125 e. The monoisotopic (exact) mass is 301 g/mol. The number of nitrogens with one attached hydrogen (secondary N) is 1. The first kappa shape index (κ1) is 17.2. The lowest BCUT2D eigenvalue weighted by molar-refractivity contribution is 0.0552. The molecule has 114 valence electrons. The van der Waals surface area contributed by atoms with E-state index in [1.54, 1.807) is 21.0 Å². The highest BCUT2D eigenvalue weighted by molar-refractivity contribution is 6.31. The molecule has 0 fully saturated rings. The second-order valence-corrected chi connectivity index (χ2v) is 5.70. The van der Waals surface area contributed by atoms with Gasteiger partial charge in [-0.05, 0) is 26.0 Å². The van der Waals surface area contributed by atoms with E-state index in [2.05, 4.69) is 5.32 Å². The van der Waals surface area contributed by atoms with Crippen molar-refractivity contribution in [2.45, 2.75) is 32.4 Å². The Morgan fingerprint density at radius 2 is 2.05 bits per heavy atom. The summed E-state index contributed by atoms with van der Waals surface area (Å²) in [6, 6.07) is 5.60. The van der Waals surface area contributed by atoms with Crippen molar-refractivity contribution < 1.29 is 14.6 Å². The lowest BCUT2D eigenvalue weighted by Gasteiger charge is -2.18. The minimum Gasteiger partial charge on any atom is -0.493 e. The van der Waals surface area contributed by atoms with E-state index in [0.717, 1.165) is 17.9 Å². The largest absolute Gasteiger partial charge is 0.493 e. The van der Waals surface area contributed by atoms with Crippen LogP contribution >= 0.6 is 11.6 Å². The summed E-state index contributed by atoms with van der Waals surface area (Å²) in [5.74, 6) is 0.756. The van der Waals surface area contributed by atoms with Gasteiger partial charge in [-0.1, -0.05) is 17.7 Å². The average molecular weight is 302 g/mol. The van der Waals surface area contributed by atoms with Crippen molar-refractivity contribution in [3.8, 4) is 5.75 Å². The Hall–Kier alpha value is -0.810. The third-order valence-electron chi connectivity index (χ3n) is 2.83. The van der Waals surface area contributed by atoms with Crippen molar-refractivity contribution in [3.05, 3.63) is 28.8 Å². The van der Waals surface area contributed by atoms with E-state index in [1.807, 2.05) is 18.2 Å². The van der Waals surface area contributed by atoms with E-state index in [1.165, 1.54) is 0 Å². The molecule has 0 spiro atoms. The van der Waals surface area contributed by atoms with Crippen LogP contribution in [0.4, 0.5) is 0 Å². The molecule has 5 heteroatoms. The molecule has 4 nitrogen and oxygen atoms in total. The van der Waals surface area contributed by atoms with Crippen LogP contribution in [0.25, 0.3) is 0 Å². The van der Waals surface area contributed by atoms with Crippen molar-refractivity contribution in [2.75, 3.05) is 26.9 Å². The van der Waals surface area contributed by atoms with Crippen LogP contribution in [0.2, 0.25) is 5.02 Å². The van der Waals surface area contributed by atoms with Gasteiger partial charge in [0.05, 0.1) is 18.8 Å². The number of hydrogen-bond donors (Lipinski definition) is 2. The van der Waals surface area contributed by atoms with Gasteiger partial charge in [-0.3, -0.25) is 0 Å². The van der Waals surface area contributed by atoms with Gasteiger partial charge >= 0.3 is 0 Å². The van der Waals surface area contributed by atoms with E-state index < -0.39 is 5.60 Å². The molecule has 0 atom stereocenters. The zero-order chi connectivity index (χ0) is 15.0. The van der Waals surface area contributed by atoms with Crippen LogP contribution in [0.1, 0.15) is 25.8 Å². The maximum atomic E-state index is 9.69. The van der Waals surface area contributed by atoms with Gasteiger partial charge in [0.2, 0.25) is 0 Å². The van der Waals surface area contributed by atoms with Gasteiger partial charge in [-0.2, -0.15) is 0 Å². The Bertz CT molecular complexity index is 405. The summed E-state index contributed by atoms with van der Waals surface area (Å²) >= 11 is 6.21. The summed E-state index contributed by atoms with van der Waals surface area (Å²) in [6.45, 7) is 6.02. The highest BCUT2D eigenvalue weighted by Crippen LogP contribution is 2.26. The molecule has 0 saturated heterocycles. The van der Waals surface area contributed by atoms with Gasteiger partial charge in [-0.25, -0.2) is 0 Å². The molecule has 0 unspecified atom stereocenters. The maximum absolute atomic E-state index is 9.69. The van der Waals surface area contributed by atoms with Crippen LogP contribution < -0.4 is 10.1 Å². The van der Waals surface area contributed by atoms with Gasteiger partial charge < -0.3 is 19.9 Å². The van der Waals surface area contributed by atoms with E-state index in [9.17, 15) is 5.11 Å². The zero-order valence-electron chi connectivity index (χ0n) is 12.4. The molecule has 1 aromatic rings. The molecule has 1 aromatic carbocycles. The molecule has 20 heavy (non-hydrogen) atoms. The van der Waals surface area contributed by atoms with Crippen LogP contribution in [-0.4, -0.2) is 37.6 Å². The molecule has 1 rings (SSSR count). The molecule has 0 aliphatic heterocycles. The molecule has 0 aliphatic carbocycles. The Kier molecular flexibility index (Phi) is 7.30. The summed E-state index contributed by atoms with van der Waals surface area (Å²) in [4.78, 5) is 0. The van der Waals surface area contributed by atoms with Crippen LogP contribution in [0.15, 0.2) is 18.2 Å². The predicted molar refractivity (Wildman–Crippen MR) is 81.4 cm³/mol. The zero-order valence-corrected chi connectivity index (χ0v) is 13.2. The van der Waals surface area contributed by atoms with Crippen molar-refractivity contribution in [1.29, 1.82) is 0 Å². The first-order valence-corrected chi connectivity index (χ1v) is 7.14. The molecule has 0 saturated carbocycles. The molecule has 0 radical (unpaired) electrons. The molecule has 2 N–H and O–H groups in total. The second kappa shape index (κ2) is 8.47. The van der Waals surface area contributed by atoms with Crippen LogP contribution in [0.3, 0.4) is 0 Å². The highest BCUT2D eigenvalue weighted by Gasteiger charge is 2.13. The fourth-order valence-electron chi connectivity index (χ4n) is 1.64. The summed E-state index contributed by atoms with van der Waals surface area (Å²) < 4.78 is 10.7. The topological polar surface area (TPSA) is 50.7 Å². The molecular weight excluding hydrogens is 278 g/mol. The van der Waals surface area contributed by atoms with Gasteiger partial charge in [0.15, 0.2) is 0 Å². The summed E-state index contributed by atoms with van der Waals surface area (Å²) in [7, 11) is 1.67. The number of methoxy groups -OCH3 is 1. The van der Waals surface area contributed by atoms with Crippen LogP contribution in [-0.2, 0) is 11.3 Å². The van der Waals surface area contributed by atoms with Crippen molar-refractivity contribution in [2.24, 2.45) is 0 Å². The van der Waals surface area contributed by atoms with E-state index in [0.29, 0.717) is 31.2 Å². The number of aliphatic hydroxyl groups is 1. The standard InChI is InChI=1S/C15H24ClNO3/c1-15(2,18)7-9-20-14-6-4-5-13(16)12(14)11-17-8-10-19-3/h4-6,17-18H,7-11H2,1-3H3. The molecule has 0 amide bonds. The average Bonchev–Trinajstić information content (AvgIpc) is 2.35. The number of ether oxygens (including phenoxy) is 2. The van der Waals surface area contributed by atoms with Crippen molar-refractivity contribution in [3.63, 3.8) is 0 Å². The first-order valence-electron chi connectivity index (χ1n) is 6.76. The van der Waals surface area contributed by atoms with Gasteiger partial charge in [0.1, 0.15) is 5.75 Å². The number of rotatable bonds is 9. The highest BCUT2D eigenvalue weighted by atomic mass is 35.5. The smallest absolute Gasteiger partial charge is 0.125 e. The minimum atomic E-state index is -0.727. The number of halogens is 1. The fourth-order valence-corrected chi connectivity index (χ4v) is 1.88. The quantitative estimate of drug-likeness (QED) is 0.689. The Labute approximate surface area is 126 Å². The molecular formula is C15H24ClNO3. The SMILES string of the molecule is COCCNCc1c(Cl)cccc1OCCC(C)(C)O. The van der Waals surface area contributed by atoms with E-state index >= 15 is 0 Å². The van der Waals surface area contributed by atoms with E-state index in [-0.39, 0.29) is 0 Å². The summed E-state index contributed by atoms with van der Waals surface area (Å²) in [5, 5.41) is 13.6. The lowest BCUT2D eigenvalue weighted by Crippen LogP contribution is -2.22. The number of hydrogen-bond acceptors (Lipinski definition) is 4. The minimum absolute atomic E-state index is 0.453. The molecule has 0 aromatic heterocycles. The fraction of sp³-hybridized carbons (Fsp3) is 0.600. The van der Waals surface area contributed by atoms with Crippen molar-refractivity contribution >= 4 is 11.6 Å². The Morgan fingerprint density at radius 1 is 1.30 bits per heavy atom. The molecule has 0 aliphatic rings.